The molecule has 1 atom stereocenters. The summed E-state index contributed by atoms with van der Waals surface area (Å²) >= 11 is 0. The highest BCUT2D eigenvalue weighted by Gasteiger charge is 2.27. The van der Waals surface area contributed by atoms with Gasteiger partial charge in [0.15, 0.2) is 5.78 Å². The van der Waals surface area contributed by atoms with E-state index in [0.717, 1.165) is 28.7 Å². The summed E-state index contributed by atoms with van der Waals surface area (Å²) in [5, 5.41) is 4.29. The molecule has 0 unspecified atom stereocenters. The number of hydrogen-bond donors (Lipinski definition) is 1. The van der Waals surface area contributed by atoms with Gasteiger partial charge in [0.05, 0.1) is 6.61 Å². The van der Waals surface area contributed by atoms with E-state index in [-0.39, 0.29) is 18.1 Å². The van der Waals surface area contributed by atoms with Crippen molar-refractivity contribution in [3.8, 4) is 0 Å². The average molecular weight is 364 g/mol. The number of hydrazone groups is 1. The van der Waals surface area contributed by atoms with Gasteiger partial charge in [0, 0.05) is 12.0 Å². The summed E-state index contributed by atoms with van der Waals surface area (Å²) in [6.07, 6.45) is 1.81. The number of esters is 1. The van der Waals surface area contributed by atoms with E-state index in [1.165, 1.54) is 0 Å². The van der Waals surface area contributed by atoms with E-state index in [9.17, 15) is 9.59 Å². The Balaban J connectivity index is 1.77. The smallest absolute Gasteiger partial charge is 0.354 e. The van der Waals surface area contributed by atoms with Crippen LogP contribution in [0.25, 0.3) is 0 Å². The first-order valence-electron chi connectivity index (χ1n) is 9.25. The maximum Gasteiger partial charge on any atom is 0.354 e. The molecule has 1 N–H and O–H groups in total. The molecule has 0 saturated heterocycles. The molecule has 0 radical (unpaired) electrons. The molecule has 3 rings (SSSR count). The summed E-state index contributed by atoms with van der Waals surface area (Å²) in [5.74, 6) is -0.450. The third kappa shape index (κ3) is 4.61. The van der Waals surface area contributed by atoms with Gasteiger partial charge in [-0.15, -0.1) is 0 Å². The summed E-state index contributed by atoms with van der Waals surface area (Å²) in [7, 11) is 0. The number of aryl methyl sites for hydroxylation is 2. The van der Waals surface area contributed by atoms with Crippen molar-refractivity contribution < 1.29 is 14.3 Å². The Morgan fingerprint density at radius 1 is 1.22 bits per heavy atom. The molecular weight excluding hydrogens is 340 g/mol. The Bertz CT molecular complexity index is 873. The van der Waals surface area contributed by atoms with Crippen molar-refractivity contribution in [2.45, 2.75) is 39.2 Å². The molecule has 5 heteroatoms. The van der Waals surface area contributed by atoms with E-state index < -0.39 is 12.0 Å². The molecule has 27 heavy (non-hydrogen) atoms. The number of hydrogen-bond acceptors (Lipinski definition) is 5. The maximum absolute atomic E-state index is 12.7. The van der Waals surface area contributed by atoms with Crippen LogP contribution < -0.4 is 5.43 Å². The van der Waals surface area contributed by atoms with E-state index in [4.69, 9.17) is 4.74 Å². The van der Waals surface area contributed by atoms with Crippen LogP contribution in [0.15, 0.2) is 53.6 Å². The predicted octanol–water partition coefficient (Wildman–Crippen LogP) is 3.24. The minimum absolute atomic E-state index is 0.0133. The van der Waals surface area contributed by atoms with Crippen molar-refractivity contribution >= 4 is 17.5 Å². The van der Waals surface area contributed by atoms with Gasteiger partial charge in [-0.2, -0.15) is 5.10 Å². The Kier molecular flexibility index (Phi) is 6.01. The lowest BCUT2D eigenvalue weighted by molar-refractivity contribution is -0.135. The number of fused-ring (bicyclic) bond motifs is 1. The first-order valence-corrected chi connectivity index (χ1v) is 9.25. The van der Waals surface area contributed by atoms with Crippen LogP contribution in [0.4, 0.5) is 0 Å². The summed E-state index contributed by atoms with van der Waals surface area (Å²) in [6, 6.07) is 15.1. The number of Topliss-reactive ketones (excluding diaryl/α,β-unsaturated/α-hetero) is 1. The van der Waals surface area contributed by atoms with Crippen LogP contribution in [0.2, 0.25) is 0 Å². The Labute approximate surface area is 159 Å². The molecule has 0 saturated carbocycles. The standard InChI is InChI=1S/C22H24N2O3/c1-3-27-22(26)20(14-16-8-6-7-15(2)13-16)24-23-19-12-11-17-9-4-5-10-18(17)21(19)25/h4-10,13,19,23H,3,11-12,14H2,1-2H3/b24-20-/t19-/m1/s1. The number of nitrogens with zero attached hydrogens (tertiary/aromatic N) is 1. The molecule has 0 aliphatic heterocycles. The fourth-order valence-electron chi connectivity index (χ4n) is 3.26. The van der Waals surface area contributed by atoms with Gasteiger partial charge in [-0.3, -0.25) is 10.2 Å². The van der Waals surface area contributed by atoms with Crippen LogP contribution in [0, 0.1) is 6.92 Å². The molecule has 0 amide bonds. The summed E-state index contributed by atoms with van der Waals surface area (Å²) in [4.78, 5) is 25.0. The molecular formula is C22H24N2O3. The first kappa shape index (κ1) is 18.8. The zero-order valence-electron chi connectivity index (χ0n) is 15.7. The SMILES string of the molecule is CCOC(=O)/C(Cc1cccc(C)c1)=N\N[C@@H]1CCc2ccccc2C1=O. The van der Waals surface area contributed by atoms with Crippen LogP contribution in [0.1, 0.15) is 40.4 Å². The molecule has 2 aromatic carbocycles. The molecule has 0 aromatic heterocycles. The topological polar surface area (TPSA) is 67.8 Å². The van der Waals surface area contributed by atoms with Crippen molar-refractivity contribution in [1.29, 1.82) is 0 Å². The monoisotopic (exact) mass is 364 g/mol. The minimum Gasteiger partial charge on any atom is -0.461 e. The van der Waals surface area contributed by atoms with Crippen molar-refractivity contribution in [1.82, 2.24) is 5.43 Å². The number of nitrogens with one attached hydrogen (secondary N) is 1. The molecule has 0 heterocycles. The van der Waals surface area contributed by atoms with Crippen molar-refractivity contribution in [2.75, 3.05) is 6.61 Å². The van der Waals surface area contributed by atoms with Gasteiger partial charge in [-0.25, -0.2) is 4.79 Å². The zero-order chi connectivity index (χ0) is 19.2. The lowest BCUT2D eigenvalue weighted by atomic mass is 9.87. The number of ketones is 1. The van der Waals surface area contributed by atoms with Crippen LogP contribution in [0.3, 0.4) is 0 Å². The van der Waals surface area contributed by atoms with Gasteiger partial charge < -0.3 is 4.74 Å². The van der Waals surface area contributed by atoms with Gasteiger partial charge in [-0.05, 0) is 37.8 Å². The summed E-state index contributed by atoms with van der Waals surface area (Å²) < 4.78 is 5.13. The second-order valence-electron chi connectivity index (χ2n) is 6.69. The third-order valence-electron chi connectivity index (χ3n) is 4.62. The number of carbonyl (C=O) groups excluding carboxylic acids is 2. The van der Waals surface area contributed by atoms with Crippen molar-refractivity contribution in [3.63, 3.8) is 0 Å². The lowest BCUT2D eigenvalue weighted by Gasteiger charge is -2.23. The Morgan fingerprint density at radius 2 is 2.04 bits per heavy atom. The highest BCUT2D eigenvalue weighted by molar-refractivity contribution is 6.36. The summed E-state index contributed by atoms with van der Waals surface area (Å²) in [5.41, 5.74) is 7.08. The number of rotatable bonds is 6. The largest absolute Gasteiger partial charge is 0.461 e. The number of carbonyl (C=O) groups is 2. The van der Waals surface area contributed by atoms with E-state index in [1.54, 1.807) is 6.92 Å². The predicted molar refractivity (Wildman–Crippen MR) is 105 cm³/mol. The van der Waals surface area contributed by atoms with Gasteiger partial charge >= 0.3 is 5.97 Å². The van der Waals surface area contributed by atoms with Crippen LogP contribution in [-0.2, 0) is 22.4 Å². The fourth-order valence-corrected chi connectivity index (χ4v) is 3.26. The lowest BCUT2D eigenvalue weighted by Crippen LogP contribution is -2.39. The molecule has 2 aromatic rings. The average Bonchev–Trinajstić information content (AvgIpc) is 2.67. The van der Waals surface area contributed by atoms with Gasteiger partial charge in [0.1, 0.15) is 11.8 Å². The minimum atomic E-state index is -0.463. The molecule has 140 valence electrons. The van der Waals surface area contributed by atoms with E-state index in [0.29, 0.717) is 12.8 Å². The van der Waals surface area contributed by atoms with Crippen LogP contribution in [0.5, 0.6) is 0 Å². The second kappa shape index (κ2) is 8.62. The van der Waals surface area contributed by atoms with Crippen molar-refractivity contribution in [3.05, 3.63) is 70.8 Å². The van der Waals surface area contributed by atoms with Gasteiger partial charge in [-0.1, -0.05) is 54.1 Å². The van der Waals surface area contributed by atoms with Gasteiger partial charge in [0.2, 0.25) is 0 Å². The fraction of sp³-hybridized carbons (Fsp3) is 0.318. The van der Waals surface area contributed by atoms with E-state index in [1.807, 2.05) is 55.5 Å². The molecule has 0 bridgehead atoms. The van der Waals surface area contributed by atoms with Crippen LogP contribution in [-0.4, -0.2) is 30.1 Å². The quantitative estimate of drug-likeness (QED) is 0.485. The molecule has 0 fully saturated rings. The van der Waals surface area contributed by atoms with Crippen molar-refractivity contribution in [2.24, 2.45) is 5.10 Å². The van der Waals surface area contributed by atoms with E-state index >= 15 is 0 Å². The Morgan fingerprint density at radius 3 is 2.81 bits per heavy atom. The Hall–Kier alpha value is -2.95. The molecule has 1 aliphatic rings. The molecule has 0 spiro atoms. The molecule has 1 aliphatic carbocycles. The second-order valence-corrected chi connectivity index (χ2v) is 6.69. The normalized spacial score (nSPS) is 16.6. The summed E-state index contributed by atoms with van der Waals surface area (Å²) in [6.45, 7) is 4.04. The number of benzene rings is 2. The highest BCUT2D eigenvalue weighted by atomic mass is 16.5. The maximum atomic E-state index is 12.7. The highest BCUT2D eigenvalue weighted by Crippen LogP contribution is 2.21. The molecule has 5 nitrogen and oxygen atoms in total. The van der Waals surface area contributed by atoms with Crippen LogP contribution >= 0.6 is 0 Å². The zero-order valence-corrected chi connectivity index (χ0v) is 15.7. The van der Waals surface area contributed by atoms with E-state index in [2.05, 4.69) is 10.5 Å². The first-order chi connectivity index (χ1) is 13.1. The van der Waals surface area contributed by atoms with Gasteiger partial charge in [0.25, 0.3) is 0 Å². The third-order valence-corrected chi connectivity index (χ3v) is 4.62. The number of ether oxygens (including phenoxy) is 1.